The number of hydrogen-bond acceptors (Lipinski definition) is 4. The van der Waals surface area contributed by atoms with Crippen molar-refractivity contribution in [3.63, 3.8) is 0 Å². The highest BCUT2D eigenvalue weighted by molar-refractivity contribution is 5.90. The van der Waals surface area contributed by atoms with Crippen LogP contribution in [0.25, 0.3) is 44.3 Å². The average Bonchev–Trinajstić information content (AvgIpc) is 3.22. The minimum Gasteiger partial charge on any atom is -0.311 e. The Hall–Kier alpha value is -7.04. The van der Waals surface area contributed by atoms with E-state index < -0.39 is 0 Å². The molecule has 0 aliphatic rings. The van der Waals surface area contributed by atoms with Gasteiger partial charge >= 0.3 is 0 Å². The van der Waals surface area contributed by atoms with Crippen molar-refractivity contribution in [2.45, 2.75) is 0 Å². The minimum atomic E-state index is 0.863. The Kier molecular flexibility index (Phi) is 8.16. The molecule has 0 spiro atoms. The van der Waals surface area contributed by atoms with Crippen LogP contribution < -0.4 is 9.80 Å². The molecule has 0 saturated heterocycles. The molecule has 0 fully saturated rings. The van der Waals surface area contributed by atoms with Crippen molar-refractivity contribution in [2.75, 3.05) is 9.80 Å². The van der Waals surface area contributed by atoms with Gasteiger partial charge in [0.25, 0.3) is 0 Å². The number of nitrogens with zero attached hydrogens (tertiary/aromatic N) is 4. The van der Waals surface area contributed by atoms with Gasteiger partial charge in [0.2, 0.25) is 0 Å². The average molecular weight is 667 g/mol. The van der Waals surface area contributed by atoms with E-state index in [1.165, 1.54) is 10.8 Å². The van der Waals surface area contributed by atoms with Crippen LogP contribution in [-0.4, -0.2) is 9.97 Å². The first-order chi connectivity index (χ1) is 25.8. The van der Waals surface area contributed by atoms with E-state index in [4.69, 9.17) is 9.97 Å². The number of rotatable bonds is 8. The molecular formula is C48H34N4. The van der Waals surface area contributed by atoms with E-state index in [1.807, 2.05) is 42.5 Å². The molecule has 0 amide bonds. The van der Waals surface area contributed by atoms with Gasteiger partial charge in [-0.2, -0.15) is 0 Å². The summed E-state index contributed by atoms with van der Waals surface area (Å²) >= 11 is 0. The summed E-state index contributed by atoms with van der Waals surface area (Å²) in [5.41, 5.74) is 12.0. The van der Waals surface area contributed by atoms with Crippen LogP contribution in [0.4, 0.5) is 34.1 Å². The largest absolute Gasteiger partial charge is 0.311 e. The quantitative estimate of drug-likeness (QED) is 0.162. The molecule has 0 aliphatic heterocycles. The van der Waals surface area contributed by atoms with Crippen molar-refractivity contribution in [3.05, 3.63) is 206 Å². The zero-order valence-corrected chi connectivity index (χ0v) is 28.4. The van der Waals surface area contributed by atoms with E-state index in [0.717, 1.165) is 67.7 Å². The second kappa shape index (κ2) is 13.7. The lowest BCUT2D eigenvalue weighted by atomic mass is 10.0. The number of hydrogen-bond donors (Lipinski definition) is 0. The Balaban J connectivity index is 1.11. The Morgan fingerprint density at radius 3 is 1.17 bits per heavy atom. The van der Waals surface area contributed by atoms with Crippen LogP contribution in [0, 0.1) is 0 Å². The van der Waals surface area contributed by atoms with Gasteiger partial charge in [-0.3, -0.25) is 0 Å². The van der Waals surface area contributed by atoms with E-state index in [2.05, 4.69) is 174 Å². The predicted molar refractivity (Wildman–Crippen MR) is 217 cm³/mol. The standard InChI is InChI=1S/C48H34N4/c1-4-15-36(16-5-1)47-48(50-46-23-13-12-22-45(46)49-47)37-25-27-41(28-26-37)51(39-18-6-2-7-19-39)42-30-32-43(33-31-42)52(40-20-8-3-9-21-40)44-29-24-35-14-10-11-17-38(35)34-44/h1-34H. The van der Waals surface area contributed by atoms with Crippen molar-refractivity contribution < 1.29 is 0 Å². The maximum Gasteiger partial charge on any atom is 0.0973 e. The molecule has 9 rings (SSSR count). The summed E-state index contributed by atoms with van der Waals surface area (Å²) in [6.45, 7) is 0. The van der Waals surface area contributed by atoms with Gasteiger partial charge in [0.1, 0.15) is 0 Å². The van der Waals surface area contributed by atoms with Gasteiger partial charge in [0.15, 0.2) is 0 Å². The van der Waals surface area contributed by atoms with E-state index in [0.29, 0.717) is 0 Å². The summed E-state index contributed by atoms with van der Waals surface area (Å²) in [5, 5.41) is 2.44. The van der Waals surface area contributed by atoms with Crippen molar-refractivity contribution in [3.8, 4) is 22.5 Å². The lowest BCUT2D eigenvalue weighted by Gasteiger charge is -2.28. The normalized spacial score (nSPS) is 11.1. The fourth-order valence-corrected chi connectivity index (χ4v) is 6.88. The summed E-state index contributed by atoms with van der Waals surface area (Å²) in [6, 6.07) is 72.1. The number of fused-ring (bicyclic) bond motifs is 2. The Morgan fingerprint density at radius 2 is 0.635 bits per heavy atom. The van der Waals surface area contributed by atoms with Crippen molar-refractivity contribution in [2.24, 2.45) is 0 Å². The van der Waals surface area contributed by atoms with Gasteiger partial charge in [-0.25, -0.2) is 9.97 Å². The van der Waals surface area contributed by atoms with E-state index >= 15 is 0 Å². The first-order valence-electron chi connectivity index (χ1n) is 17.5. The monoisotopic (exact) mass is 666 g/mol. The van der Waals surface area contributed by atoms with Gasteiger partial charge in [0, 0.05) is 45.3 Å². The summed E-state index contributed by atoms with van der Waals surface area (Å²) in [6.07, 6.45) is 0. The molecule has 1 aromatic heterocycles. The highest BCUT2D eigenvalue weighted by atomic mass is 15.2. The third-order valence-corrected chi connectivity index (χ3v) is 9.40. The molecule has 4 nitrogen and oxygen atoms in total. The fraction of sp³-hybridized carbons (Fsp3) is 0. The molecule has 0 atom stereocenters. The van der Waals surface area contributed by atoms with E-state index in [-0.39, 0.29) is 0 Å². The van der Waals surface area contributed by atoms with Gasteiger partial charge < -0.3 is 9.80 Å². The Labute approximate surface area is 303 Å². The summed E-state index contributed by atoms with van der Waals surface area (Å²) < 4.78 is 0. The number of anilines is 6. The first kappa shape index (κ1) is 31.0. The molecular weight excluding hydrogens is 633 g/mol. The summed E-state index contributed by atoms with van der Waals surface area (Å²) in [4.78, 5) is 14.8. The smallest absolute Gasteiger partial charge is 0.0973 e. The first-order valence-corrected chi connectivity index (χ1v) is 17.5. The highest BCUT2D eigenvalue weighted by Gasteiger charge is 2.18. The van der Waals surface area contributed by atoms with Crippen molar-refractivity contribution in [1.29, 1.82) is 0 Å². The maximum atomic E-state index is 5.12. The fourth-order valence-electron chi connectivity index (χ4n) is 6.88. The molecule has 4 heteroatoms. The second-order valence-electron chi connectivity index (χ2n) is 12.7. The molecule has 0 radical (unpaired) electrons. The molecule has 0 saturated carbocycles. The third-order valence-electron chi connectivity index (χ3n) is 9.40. The van der Waals surface area contributed by atoms with Crippen LogP contribution in [0.2, 0.25) is 0 Å². The molecule has 52 heavy (non-hydrogen) atoms. The van der Waals surface area contributed by atoms with E-state index in [9.17, 15) is 0 Å². The number of aromatic nitrogens is 2. The molecule has 0 aliphatic carbocycles. The SMILES string of the molecule is c1ccc(-c2nc3ccccc3nc2-c2ccc(N(c3ccccc3)c3ccc(N(c4ccccc4)c4ccc5ccccc5c4)cc3)cc2)cc1. The van der Waals surface area contributed by atoms with Crippen LogP contribution in [0.1, 0.15) is 0 Å². The summed E-state index contributed by atoms with van der Waals surface area (Å²) in [5.74, 6) is 0. The van der Waals surface area contributed by atoms with Crippen LogP contribution in [0.3, 0.4) is 0 Å². The summed E-state index contributed by atoms with van der Waals surface area (Å²) in [7, 11) is 0. The zero-order chi connectivity index (χ0) is 34.7. The molecule has 1 heterocycles. The second-order valence-corrected chi connectivity index (χ2v) is 12.7. The molecule has 9 aromatic rings. The topological polar surface area (TPSA) is 32.3 Å². The third kappa shape index (κ3) is 6.03. The molecule has 246 valence electrons. The van der Waals surface area contributed by atoms with Gasteiger partial charge in [-0.05, 0) is 95.7 Å². The van der Waals surface area contributed by atoms with Crippen LogP contribution in [-0.2, 0) is 0 Å². The van der Waals surface area contributed by atoms with Crippen LogP contribution >= 0.6 is 0 Å². The Morgan fingerprint density at radius 1 is 0.269 bits per heavy atom. The molecule has 0 unspecified atom stereocenters. The molecule has 8 aromatic carbocycles. The maximum absolute atomic E-state index is 5.12. The Bertz CT molecular complexity index is 2610. The highest BCUT2D eigenvalue weighted by Crippen LogP contribution is 2.40. The zero-order valence-electron chi connectivity index (χ0n) is 28.4. The minimum absolute atomic E-state index is 0.863. The van der Waals surface area contributed by atoms with Crippen LogP contribution in [0.15, 0.2) is 206 Å². The van der Waals surface area contributed by atoms with E-state index in [1.54, 1.807) is 0 Å². The molecule has 0 bridgehead atoms. The van der Waals surface area contributed by atoms with Gasteiger partial charge in [-0.15, -0.1) is 0 Å². The van der Waals surface area contributed by atoms with Crippen molar-refractivity contribution in [1.82, 2.24) is 9.97 Å². The van der Waals surface area contributed by atoms with Gasteiger partial charge in [0.05, 0.1) is 22.4 Å². The lowest BCUT2D eigenvalue weighted by molar-refractivity contribution is 1.25. The molecule has 0 N–H and O–H groups in total. The predicted octanol–water partition coefficient (Wildman–Crippen LogP) is 13.1. The lowest BCUT2D eigenvalue weighted by Crippen LogP contribution is -2.12. The van der Waals surface area contributed by atoms with Gasteiger partial charge in [-0.1, -0.05) is 121 Å². The van der Waals surface area contributed by atoms with Crippen molar-refractivity contribution >= 4 is 55.9 Å². The number of para-hydroxylation sites is 4. The van der Waals surface area contributed by atoms with Crippen LogP contribution in [0.5, 0.6) is 0 Å². The number of benzene rings is 8.